The van der Waals surface area contributed by atoms with Gasteiger partial charge in [-0.25, -0.2) is 0 Å². The van der Waals surface area contributed by atoms with E-state index in [4.69, 9.17) is 14.2 Å². The Balaban J connectivity index is 2.45. The van der Waals surface area contributed by atoms with E-state index in [-0.39, 0.29) is 17.2 Å². The molecule has 0 unspecified atom stereocenters. The Hall–Kier alpha value is -2.15. The molecule has 0 bridgehead atoms. The summed E-state index contributed by atoms with van der Waals surface area (Å²) in [4.78, 5) is 26.3. The summed E-state index contributed by atoms with van der Waals surface area (Å²) < 4.78 is 16.0. The van der Waals surface area contributed by atoms with Gasteiger partial charge in [-0.15, -0.1) is 0 Å². The van der Waals surface area contributed by atoms with E-state index < -0.39 is 0 Å². The summed E-state index contributed by atoms with van der Waals surface area (Å²) >= 11 is 0.934. The van der Waals surface area contributed by atoms with Gasteiger partial charge in [-0.2, -0.15) is 0 Å². The van der Waals surface area contributed by atoms with Crippen molar-refractivity contribution in [3.63, 3.8) is 0 Å². The Kier molecular flexibility index (Phi) is 5.77. The zero-order valence-corrected chi connectivity index (χ0v) is 15.2. The van der Waals surface area contributed by atoms with Crippen molar-refractivity contribution in [3.05, 3.63) is 22.6 Å². The minimum atomic E-state index is -0.281. The maximum absolute atomic E-state index is 12.5. The van der Waals surface area contributed by atoms with E-state index in [1.807, 2.05) is 13.8 Å². The first kappa shape index (κ1) is 18.2. The summed E-state index contributed by atoms with van der Waals surface area (Å²) in [6, 6.07) is 3.36. The van der Waals surface area contributed by atoms with Crippen LogP contribution >= 0.6 is 11.8 Å². The third kappa shape index (κ3) is 3.21. The quantitative estimate of drug-likeness (QED) is 0.730. The SMILES string of the molecule is CC[C@H](C)N1C(=O)S/C(=C/c2ccc(OC)c(OC)c2OC)C1=O. The lowest BCUT2D eigenvalue weighted by Gasteiger charge is -2.19. The highest BCUT2D eigenvalue weighted by Gasteiger charge is 2.37. The molecule has 130 valence electrons. The third-order valence-electron chi connectivity index (χ3n) is 3.88. The second-order valence-electron chi connectivity index (χ2n) is 5.23. The molecule has 2 rings (SSSR count). The second kappa shape index (κ2) is 7.61. The van der Waals surface area contributed by atoms with Crippen LogP contribution in [0.5, 0.6) is 17.2 Å². The number of ether oxygens (including phenoxy) is 3. The van der Waals surface area contributed by atoms with Crippen LogP contribution in [0.3, 0.4) is 0 Å². The van der Waals surface area contributed by atoms with Gasteiger partial charge in [0.25, 0.3) is 11.1 Å². The molecule has 24 heavy (non-hydrogen) atoms. The average molecular weight is 351 g/mol. The van der Waals surface area contributed by atoms with Crippen LogP contribution in [0, 0.1) is 0 Å². The lowest BCUT2D eigenvalue weighted by molar-refractivity contribution is -0.124. The molecule has 1 aliphatic rings. The van der Waals surface area contributed by atoms with E-state index in [1.54, 1.807) is 18.2 Å². The first-order chi connectivity index (χ1) is 11.5. The molecule has 1 fully saturated rings. The molecule has 2 amide bonds. The number of methoxy groups -OCH3 is 3. The number of amides is 2. The summed E-state index contributed by atoms with van der Waals surface area (Å²) in [5.74, 6) is 1.14. The standard InChI is InChI=1S/C17H21NO5S/c1-6-10(2)18-16(19)13(24-17(18)20)9-11-7-8-12(21-3)15(23-5)14(11)22-4/h7-10H,6H2,1-5H3/b13-9+/t10-/m0/s1. The molecule has 0 spiro atoms. The van der Waals surface area contributed by atoms with E-state index in [0.717, 1.165) is 11.8 Å². The Labute approximate surface area is 145 Å². The largest absolute Gasteiger partial charge is 0.493 e. The molecule has 0 aliphatic carbocycles. The molecule has 7 heteroatoms. The molecule has 1 aromatic rings. The normalized spacial score (nSPS) is 17.4. The zero-order valence-electron chi connectivity index (χ0n) is 14.4. The molecule has 1 atom stereocenters. The number of carbonyl (C=O) groups is 2. The van der Waals surface area contributed by atoms with Gasteiger partial charge in [0.1, 0.15) is 0 Å². The van der Waals surface area contributed by atoms with Crippen LogP contribution in [0.15, 0.2) is 17.0 Å². The Morgan fingerprint density at radius 3 is 2.33 bits per heavy atom. The molecule has 0 saturated carbocycles. The average Bonchev–Trinajstić information content (AvgIpc) is 2.87. The third-order valence-corrected chi connectivity index (χ3v) is 4.76. The first-order valence-corrected chi connectivity index (χ1v) is 8.36. The summed E-state index contributed by atoms with van der Waals surface area (Å²) in [5, 5.41) is -0.250. The smallest absolute Gasteiger partial charge is 0.293 e. The van der Waals surface area contributed by atoms with Crippen LogP contribution in [0.25, 0.3) is 6.08 Å². The summed E-state index contributed by atoms with van der Waals surface area (Å²) in [7, 11) is 4.56. The van der Waals surface area contributed by atoms with Crippen LogP contribution < -0.4 is 14.2 Å². The van der Waals surface area contributed by atoms with Gasteiger partial charge in [-0.3, -0.25) is 14.5 Å². The summed E-state index contributed by atoms with van der Waals surface area (Å²) in [5.41, 5.74) is 0.643. The molecule has 1 aliphatic heterocycles. The summed E-state index contributed by atoms with van der Waals surface area (Å²) in [6.07, 6.45) is 2.36. The molecule has 1 heterocycles. The zero-order chi connectivity index (χ0) is 17.9. The van der Waals surface area contributed by atoms with Crippen molar-refractivity contribution in [1.82, 2.24) is 4.90 Å². The van der Waals surface area contributed by atoms with Gasteiger partial charge >= 0.3 is 0 Å². The molecule has 0 N–H and O–H groups in total. The number of benzene rings is 1. The molecule has 1 aromatic carbocycles. The fraction of sp³-hybridized carbons (Fsp3) is 0.412. The van der Waals surface area contributed by atoms with Crippen molar-refractivity contribution in [2.24, 2.45) is 0 Å². The van der Waals surface area contributed by atoms with E-state index in [0.29, 0.717) is 34.1 Å². The van der Waals surface area contributed by atoms with E-state index in [1.165, 1.54) is 26.2 Å². The van der Waals surface area contributed by atoms with Crippen molar-refractivity contribution < 1.29 is 23.8 Å². The minimum absolute atomic E-state index is 0.129. The van der Waals surface area contributed by atoms with Gasteiger partial charge in [-0.05, 0) is 43.3 Å². The van der Waals surface area contributed by atoms with Crippen LogP contribution in [0.2, 0.25) is 0 Å². The number of carbonyl (C=O) groups excluding carboxylic acids is 2. The number of hydrogen-bond acceptors (Lipinski definition) is 6. The molecular weight excluding hydrogens is 330 g/mol. The predicted molar refractivity (Wildman–Crippen MR) is 93.7 cm³/mol. The lowest BCUT2D eigenvalue weighted by Crippen LogP contribution is -2.36. The lowest BCUT2D eigenvalue weighted by atomic mass is 10.1. The molecular formula is C17H21NO5S. The fourth-order valence-corrected chi connectivity index (χ4v) is 3.34. The minimum Gasteiger partial charge on any atom is -0.493 e. The van der Waals surface area contributed by atoms with E-state index >= 15 is 0 Å². The topological polar surface area (TPSA) is 65.1 Å². The monoisotopic (exact) mass is 351 g/mol. The van der Waals surface area contributed by atoms with Crippen LogP contribution in [0.4, 0.5) is 4.79 Å². The predicted octanol–water partition coefficient (Wildman–Crippen LogP) is 3.55. The van der Waals surface area contributed by atoms with Gasteiger partial charge in [0.2, 0.25) is 5.75 Å². The van der Waals surface area contributed by atoms with Crippen LogP contribution in [-0.4, -0.2) is 43.4 Å². The van der Waals surface area contributed by atoms with Crippen LogP contribution in [-0.2, 0) is 4.79 Å². The highest BCUT2D eigenvalue weighted by molar-refractivity contribution is 8.18. The highest BCUT2D eigenvalue weighted by atomic mass is 32.2. The second-order valence-corrected chi connectivity index (χ2v) is 6.23. The number of hydrogen-bond donors (Lipinski definition) is 0. The molecule has 1 saturated heterocycles. The fourth-order valence-electron chi connectivity index (χ4n) is 2.42. The van der Waals surface area contributed by atoms with Crippen molar-refractivity contribution in [2.75, 3.05) is 21.3 Å². The Bertz CT molecular complexity index is 686. The highest BCUT2D eigenvalue weighted by Crippen LogP contribution is 2.42. The van der Waals surface area contributed by atoms with Crippen molar-refractivity contribution in [3.8, 4) is 17.2 Å². The van der Waals surface area contributed by atoms with E-state index in [2.05, 4.69) is 0 Å². The van der Waals surface area contributed by atoms with Crippen LogP contribution in [0.1, 0.15) is 25.8 Å². The maximum Gasteiger partial charge on any atom is 0.293 e. The van der Waals surface area contributed by atoms with Gasteiger partial charge in [0.05, 0.1) is 26.2 Å². The Morgan fingerprint density at radius 2 is 1.79 bits per heavy atom. The number of thioether (sulfide) groups is 1. The Morgan fingerprint density at radius 1 is 1.12 bits per heavy atom. The van der Waals surface area contributed by atoms with Gasteiger partial charge < -0.3 is 14.2 Å². The first-order valence-electron chi connectivity index (χ1n) is 7.54. The van der Waals surface area contributed by atoms with Gasteiger partial charge in [0.15, 0.2) is 11.5 Å². The van der Waals surface area contributed by atoms with Crippen molar-refractivity contribution in [2.45, 2.75) is 26.3 Å². The van der Waals surface area contributed by atoms with E-state index in [9.17, 15) is 9.59 Å². The number of nitrogens with zero attached hydrogens (tertiary/aromatic N) is 1. The summed E-state index contributed by atoms with van der Waals surface area (Å²) in [6.45, 7) is 3.80. The van der Waals surface area contributed by atoms with Crippen molar-refractivity contribution >= 4 is 29.0 Å². The van der Waals surface area contributed by atoms with Gasteiger partial charge in [-0.1, -0.05) is 6.92 Å². The number of rotatable bonds is 6. The maximum atomic E-state index is 12.5. The molecule has 6 nitrogen and oxygen atoms in total. The van der Waals surface area contributed by atoms with Crippen molar-refractivity contribution in [1.29, 1.82) is 0 Å². The molecule has 0 radical (unpaired) electrons. The van der Waals surface area contributed by atoms with Gasteiger partial charge in [0, 0.05) is 11.6 Å². The number of imide groups is 1. The molecule has 0 aromatic heterocycles.